The Morgan fingerprint density at radius 3 is 2.28 bits per heavy atom. The van der Waals surface area contributed by atoms with Crippen molar-refractivity contribution in [2.45, 2.75) is 18.3 Å². The van der Waals surface area contributed by atoms with Crippen LogP contribution in [0.4, 0.5) is 17.6 Å². The van der Waals surface area contributed by atoms with Crippen LogP contribution in [0.5, 0.6) is 0 Å². The molecule has 6 heteroatoms. The lowest BCUT2D eigenvalue weighted by Gasteiger charge is -2.14. The monoisotopic (exact) mass is 282 g/mol. The van der Waals surface area contributed by atoms with E-state index in [1.807, 2.05) is 0 Å². The Hall–Kier alpha value is -0.750. The van der Waals surface area contributed by atoms with Crippen molar-refractivity contribution in [3.8, 4) is 0 Å². The third-order valence-electron chi connectivity index (χ3n) is 2.49. The van der Waals surface area contributed by atoms with E-state index in [0.29, 0.717) is 6.42 Å². The molecule has 1 rings (SSSR count). The maximum atomic E-state index is 12.7. The van der Waals surface area contributed by atoms with Crippen LogP contribution in [-0.4, -0.2) is 23.0 Å². The summed E-state index contributed by atoms with van der Waals surface area (Å²) in [5, 5.41) is 9.11. The number of thioether (sulfide) groups is 1. The van der Waals surface area contributed by atoms with E-state index in [-0.39, 0.29) is 42.3 Å². The van der Waals surface area contributed by atoms with Crippen LogP contribution < -0.4 is 0 Å². The molecule has 0 saturated carbocycles. The smallest absolute Gasteiger partial charge is 0.396 e. The molecule has 0 bridgehead atoms. The van der Waals surface area contributed by atoms with E-state index >= 15 is 0 Å². The molecule has 0 fully saturated rings. The molecule has 1 atom stereocenters. The van der Waals surface area contributed by atoms with Gasteiger partial charge in [-0.3, -0.25) is 0 Å². The van der Waals surface area contributed by atoms with E-state index in [4.69, 9.17) is 5.11 Å². The summed E-state index contributed by atoms with van der Waals surface area (Å²) < 4.78 is 48.5. The van der Waals surface area contributed by atoms with E-state index in [1.54, 1.807) is 12.1 Å². The zero-order valence-electron chi connectivity index (χ0n) is 9.58. The summed E-state index contributed by atoms with van der Waals surface area (Å²) >= 11 is -0.0808. The second-order valence-electron chi connectivity index (χ2n) is 3.96. The van der Waals surface area contributed by atoms with Crippen LogP contribution in [0, 0.1) is 11.7 Å². The van der Waals surface area contributed by atoms with Gasteiger partial charge in [-0.15, -0.1) is 0 Å². The predicted molar refractivity (Wildman–Crippen MR) is 63.8 cm³/mol. The second kappa shape index (κ2) is 6.99. The van der Waals surface area contributed by atoms with Crippen molar-refractivity contribution in [3.63, 3.8) is 0 Å². The van der Waals surface area contributed by atoms with Gasteiger partial charge in [-0.2, -0.15) is 13.2 Å². The van der Waals surface area contributed by atoms with Crippen molar-refractivity contribution in [1.82, 2.24) is 0 Å². The quantitative estimate of drug-likeness (QED) is 0.804. The van der Waals surface area contributed by atoms with Gasteiger partial charge in [-0.25, -0.2) is 4.39 Å². The second-order valence-corrected chi connectivity index (χ2v) is 5.12. The minimum atomic E-state index is -4.23. The maximum absolute atomic E-state index is 12.7. The molecule has 18 heavy (non-hydrogen) atoms. The Balaban J connectivity index is 2.40. The van der Waals surface area contributed by atoms with Gasteiger partial charge in [0.05, 0.1) is 0 Å². The first-order chi connectivity index (χ1) is 8.40. The molecule has 0 spiro atoms. The molecular formula is C12H14F4OS. The van der Waals surface area contributed by atoms with Crippen molar-refractivity contribution in [1.29, 1.82) is 0 Å². The Bertz CT molecular complexity index is 350. The average Bonchev–Trinajstić information content (AvgIpc) is 2.29. The molecular weight excluding hydrogens is 268 g/mol. The summed E-state index contributed by atoms with van der Waals surface area (Å²) in [5.41, 5.74) is -3.41. The van der Waals surface area contributed by atoms with Crippen LogP contribution >= 0.6 is 11.8 Å². The van der Waals surface area contributed by atoms with E-state index < -0.39 is 5.51 Å². The lowest BCUT2D eigenvalue weighted by Crippen LogP contribution is -2.12. The highest BCUT2D eigenvalue weighted by molar-refractivity contribution is 8.00. The van der Waals surface area contributed by atoms with Crippen molar-refractivity contribution in [2.24, 2.45) is 5.92 Å². The standard InChI is InChI=1S/C12H14F4OS/c13-11-3-1-9(2-4-11)7-10(8-17)5-6-18-12(14,15)16/h1-4,10,17H,5-8H2. The van der Waals surface area contributed by atoms with Gasteiger partial charge in [0.2, 0.25) is 0 Å². The fourth-order valence-corrected chi connectivity index (χ4v) is 2.24. The molecule has 0 amide bonds. The molecule has 0 saturated heterocycles. The Morgan fingerprint density at radius 2 is 1.78 bits per heavy atom. The molecule has 0 aromatic heterocycles. The van der Waals surface area contributed by atoms with Gasteiger partial charge in [-0.05, 0) is 36.5 Å². The van der Waals surface area contributed by atoms with Crippen LogP contribution in [0.25, 0.3) is 0 Å². The van der Waals surface area contributed by atoms with Crippen LogP contribution in [-0.2, 0) is 6.42 Å². The molecule has 0 aliphatic carbocycles. The summed E-state index contributed by atoms with van der Waals surface area (Å²) in [6, 6.07) is 5.76. The number of halogens is 4. The zero-order valence-corrected chi connectivity index (χ0v) is 10.4. The van der Waals surface area contributed by atoms with Gasteiger partial charge in [0.1, 0.15) is 5.82 Å². The minimum Gasteiger partial charge on any atom is -0.396 e. The van der Waals surface area contributed by atoms with Crippen molar-refractivity contribution < 1.29 is 22.7 Å². The highest BCUT2D eigenvalue weighted by Crippen LogP contribution is 2.31. The van der Waals surface area contributed by atoms with Crippen LogP contribution in [0.2, 0.25) is 0 Å². The summed E-state index contributed by atoms with van der Waals surface area (Å²) in [6.07, 6.45) is 0.729. The first kappa shape index (κ1) is 15.3. The molecule has 1 unspecified atom stereocenters. The SMILES string of the molecule is OCC(CCSC(F)(F)F)Cc1ccc(F)cc1. The first-order valence-corrected chi connectivity index (χ1v) is 6.45. The Kier molecular flexibility index (Phi) is 5.95. The summed E-state index contributed by atoms with van der Waals surface area (Å²) in [5.74, 6) is -0.659. The lowest BCUT2D eigenvalue weighted by molar-refractivity contribution is -0.0328. The zero-order chi connectivity index (χ0) is 13.6. The molecule has 0 heterocycles. The number of rotatable bonds is 6. The van der Waals surface area contributed by atoms with Gasteiger partial charge in [0, 0.05) is 12.4 Å². The number of aliphatic hydroxyl groups is 1. The summed E-state index contributed by atoms with van der Waals surface area (Å²) in [6.45, 7) is -0.171. The number of hydrogen-bond donors (Lipinski definition) is 1. The lowest BCUT2D eigenvalue weighted by atomic mass is 9.98. The number of hydrogen-bond acceptors (Lipinski definition) is 2. The van der Waals surface area contributed by atoms with Crippen molar-refractivity contribution in [2.75, 3.05) is 12.4 Å². The normalized spacial score (nSPS) is 13.6. The highest BCUT2D eigenvalue weighted by atomic mass is 32.2. The van der Waals surface area contributed by atoms with Crippen LogP contribution in [0.15, 0.2) is 24.3 Å². The number of benzene rings is 1. The molecule has 1 nitrogen and oxygen atoms in total. The highest BCUT2D eigenvalue weighted by Gasteiger charge is 2.28. The fraction of sp³-hybridized carbons (Fsp3) is 0.500. The largest absolute Gasteiger partial charge is 0.441 e. The van der Waals surface area contributed by atoms with Crippen LogP contribution in [0.1, 0.15) is 12.0 Å². The first-order valence-electron chi connectivity index (χ1n) is 5.46. The van der Waals surface area contributed by atoms with Crippen molar-refractivity contribution >= 4 is 11.8 Å². The number of alkyl halides is 3. The molecule has 1 aromatic carbocycles. The van der Waals surface area contributed by atoms with Gasteiger partial charge in [0.25, 0.3) is 0 Å². The molecule has 0 aliphatic rings. The Labute approximate surface area is 107 Å². The maximum Gasteiger partial charge on any atom is 0.441 e. The Morgan fingerprint density at radius 1 is 1.17 bits per heavy atom. The van der Waals surface area contributed by atoms with Crippen molar-refractivity contribution in [3.05, 3.63) is 35.6 Å². The van der Waals surface area contributed by atoms with E-state index in [2.05, 4.69) is 0 Å². The number of aliphatic hydroxyl groups excluding tert-OH is 1. The molecule has 0 aliphatic heterocycles. The van der Waals surface area contributed by atoms with Gasteiger partial charge in [0.15, 0.2) is 0 Å². The summed E-state index contributed by atoms with van der Waals surface area (Å²) in [7, 11) is 0. The van der Waals surface area contributed by atoms with Gasteiger partial charge < -0.3 is 5.11 Å². The molecule has 1 aromatic rings. The molecule has 0 radical (unpaired) electrons. The molecule has 1 N–H and O–H groups in total. The molecule has 102 valence electrons. The van der Waals surface area contributed by atoms with Gasteiger partial charge in [-0.1, -0.05) is 23.9 Å². The fourth-order valence-electron chi connectivity index (χ4n) is 1.55. The van der Waals surface area contributed by atoms with E-state index in [9.17, 15) is 17.6 Å². The van der Waals surface area contributed by atoms with Gasteiger partial charge >= 0.3 is 5.51 Å². The minimum absolute atomic E-state index is 0.0735. The topological polar surface area (TPSA) is 20.2 Å². The van der Waals surface area contributed by atoms with Crippen LogP contribution in [0.3, 0.4) is 0 Å². The predicted octanol–water partition coefficient (Wildman–Crippen LogP) is 3.62. The third-order valence-corrected chi connectivity index (χ3v) is 3.25. The van der Waals surface area contributed by atoms with E-state index in [0.717, 1.165) is 5.56 Å². The summed E-state index contributed by atoms with van der Waals surface area (Å²) in [4.78, 5) is 0. The van der Waals surface area contributed by atoms with E-state index in [1.165, 1.54) is 12.1 Å². The average molecular weight is 282 g/mol. The third kappa shape index (κ3) is 6.26.